The number of thiazole rings is 1. The van der Waals surface area contributed by atoms with Crippen LogP contribution in [0.1, 0.15) is 77.9 Å². The number of nitrogens with zero attached hydrogens (tertiary/aromatic N) is 4. The van der Waals surface area contributed by atoms with Crippen LogP contribution in [0.2, 0.25) is 0 Å². The molecule has 0 aromatic carbocycles. The average Bonchev–Trinajstić information content (AvgIpc) is 3.26. The molecule has 9 nitrogen and oxygen atoms in total. The highest BCUT2D eigenvalue weighted by atomic mass is 32.1. The topological polar surface area (TPSA) is 138 Å². The van der Waals surface area contributed by atoms with E-state index < -0.39 is 29.5 Å². The lowest BCUT2D eigenvalue weighted by molar-refractivity contribution is -0.141. The van der Waals surface area contributed by atoms with Crippen LogP contribution in [-0.2, 0) is 25.6 Å². The van der Waals surface area contributed by atoms with Crippen molar-refractivity contribution in [3.63, 3.8) is 0 Å². The molecule has 0 radical (unpaired) electrons. The number of epoxide rings is 1. The number of aliphatic hydroxyl groups excluding tert-OH is 1. The SMILES string of the molecule is CC(=Cc1csc(CN=[N+]=[N-])n1)[C@@H]1C[C@@H]2O[C@]2(C)CCC[C@H](C)[C@H](O)[C@@H](C)C(=O)C(C)(C)C=CC(=O)O1. The Morgan fingerprint density at radius 2 is 2.08 bits per heavy atom. The van der Waals surface area contributed by atoms with Gasteiger partial charge in [0.1, 0.15) is 11.9 Å². The molecule has 1 aromatic rings. The zero-order valence-corrected chi connectivity index (χ0v) is 23.3. The summed E-state index contributed by atoms with van der Waals surface area (Å²) in [5, 5.41) is 16.9. The number of azide groups is 1. The minimum Gasteiger partial charge on any atom is -0.455 e. The van der Waals surface area contributed by atoms with Crippen molar-refractivity contribution in [1.29, 1.82) is 0 Å². The highest BCUT2D eigenvalue weighted by molar-refractivity contribution is 7.09. The third-order valence-electron chi connectivity index (χ3n) is 7.56. The molecular formula is C27H38N4O5S. The fourth-order valence-electron chi connectivity index (χ4n) is 4.93. The second-order valence-electron chi connectivity index (χ2n) is 11.1. The summed E-state index contributed by atoms with van der Waals surface area (Å²) in [6.45, 7) is 11.4. The van der Waals surface area contributed by atoms with E-state index in [0.29, 0.717) is 17.1 Å². The van der Waals surface area contributed by atoms with Crippen LogP contribution in [-0.4, -0.2) is 45.8 Å². The van der Waals surface area contributed by atoms with Crippen LogP contribution in [0, 0.1) is 17.3 Å². The predicted molar refractivity (Wildman–Crippen MR) is 143 cm³/mol. The molecule has 0 unspecified atom stereocenters. The summed E-state index contributed by atoms with van der Waals surface area (Å²) in [7, 11) is 0. The van der Waals surface area contributed by atoms with Crippen molar-refractivity contribution < 1.29 is 24.2 Å². The molecule has 0 saturated carbocycles. The van der Waals surface area contributed by atoms with Gasteiger partial charge in [-0.3, -0.25) is 4.79 Å². The summed E-state index contributed by atoms with van der Waals surface area (Å²) in [5.41, 5.74) is 8.81. The van der Waals surface area contributed by atoms with Gasteiger partial charge in [-0.2, -0.15) is 0 Å². The van der Waals surface area contributed by atoms with Gasteiger partial charge in [0.2, 0.25) is 0 Å². The highest BCUT2D eigenvalue weighted by Crippen LogP contribution is 2.45. The molecule has 3 rings (SSSR count). The molecule has 1 saturated heterocycles. The van der Waals surface area contributed by atoms with E-state index in [1.807, 2.05) is 25.3 Å². The van der Waals surface area contributed by atoms with Crippen LogP contribution in [0.4, 0.5) is 0 Å². The minimum atomic E-state index is -0.933. The first kappa shape index (κ1) is 29.0. The maximum atomic E-state index is 13.2. The molecule has 1 N–H and O–H groups in total. The smallest absolute Gasteiger partial charge is 0.331 e. The average molecular weight is 531 g/mol. The molecular weight excluding hydrogens is 492 g/mol. The second-order valence-corrected chi connectivity index (χ2v) is 12.0. The number of esters is 1. The number of Topliss-reactive ketones (excluding diaryl/α,β-unsaturated/α-hetero) is 1. The number of fused-ring (bicyclic) bond motifs is 1. The van der Waals surface area contributed by atoms with Crippen LogP contribution in [0.5, 0.6) is 0 Å². The summed E-state index contributed by atoms with van der Waals surface area (Å²) in [4.78, 5) is 33.2. The maximum absolute atomic E-state index is 13.2. The lowest BCUT2D eigenvalue weighted by atomic mass is 9.76. The fraction of sp³-hybridized carbons (Fsp3) is 0.667. The first-order valence-corrected chi connectivity index (χ1v) is 13.7. The Labute approximate surface area is 222 Å². The molecule has 0 spiro atoms. The summed E-state index contributed by atoms with van der Waals surface area (Å²) in [5.74, 6) is -1.25. The quantitative estimate of drug-likeness (QED) is 0.172. The molecule has 10 heteroatoms. The van der Waals surface area contributed by atoms with Gasteiger partial charge < -0.3 is 14.6 Å². The lowest BCUT2D eigenvalue weighted by Crippen LogP contribution is -2.38. The number of cyclic esters (lactones) is 1. The van der Waals surface area contributed by atoms with E-state index in [9.17, 15) is 14.7 Å². The number of hydrogen-bond donors (Lipinski definition) is 1. The lowest BCUT2D eigenvalue weighted by Gasteiger charge is -2.30. The van der Waals surface area contributed by atoms with Gasteiger partial charge in [-0.1, -0.05) is 31.5 Å². The van der Waals surface area contributed by atoms with Crippen LogP contribution in [0.15, 0.2) is 28.2 Å². The van der Waals surface area contributed by atoms with Gasteiger partial charge in [0.15, 0.2) is 0 Å². The number of carbonyl (C=O) groups is 2. The van der Waals surface area contributed by atoms with Crippen LogP contribution < -0.4 is 0 Å². The normalized spacial score (nSPS) is 33.3. The Morgan fingerprint density at radius 3 is 2.78 bits per heavy atom. The number of allylic oxidation sites excluding steroid dienone is 1. The van der Waals surface area contributed by atoms with Crippen LogP contribution in [0.25, 0.3) is 16.5 Å². The maximum Gasteiger partial charge on any atom is 0.331 e. The molecule has 1 fully saturated rings. The number of hydrogen-bond acceptors (Lipinski definition) is 8. The molecule has 0 aliphatic carbocycles. The zero-order valence-electron chi connectivity index (χ0n) is 22.5. The molecule has 37 heavy (non-hydrogen) atoms. The Balaban J connectivity index is 1.85. The number of aromatic nitrogens is 1. The van der Waals surface area contributed by atoms with Crippen molar-refractivity contribution >= 4 is 29.2 Å². The molecule has 0 bridgehead atoms. The molecule has 0 amide bonds. The van der Waals surface area contributed by atoms with Crippen molar-refractivity contribution in [2.45, 2.75) is 97.7 Å². The predicted octanol–water partition coefficient (Wildman–Crippen LogP) is 5.78. The summed E-state index contributed by atoms with van der Waals surface area (Å²) in [6.07, 6.45) is 6.38. The minimum absolute atomic E-state index is 0.0304. The van der Waals surface area contributed by atoms with E-state index in [2.05, 4.69) is 21.9 Å². The third kappa shape index (κ3) is 7.51. The first-order valence-electron chi connectivity index (χ1n) is 12.8. The van der Waals surface area contributed by atoms with E-state index in [1.165, 1.54) is 17.4 Å². The molecule has 3 heterocycles. The summed E-state index contributed by atoms with van der Waals surface area (Å²) >= 11 is 1.40. The van der Waals surface area contributed by atoms with Crippen molar-refractivity contribution in [3.05, 3.63) is 44.2 Å². The van der Waals surface area contributed by atoms with Gasteiger partial charge in [-0.25, -0.2) is 9.78 Å². The second kappa shape index (κ2) is 11.9. The van der Waals surface area contributed by atoms with Gasteiger partial charge in [-0.15, -0.1) is 11.3 Å². The zero-order chi connectivity index (χ0) is 27.4. The Hall–Kier alpha value is -2.52. The molecule has 2 aliphatic rings. The van der Waals surface area contributed by atoms with E-state index in [0.717, 1.165) is 24.8 Å². The van der Waals surface area contributed by atoms with Gasteiger partial charge in [0, 0.05) is 34.1 Å². The Morgan fingerprint density at radius 1 is 1.35 bits per heavy atom. The Bertz CT molecular complexity index is 1110. The first-order chi connectivity index (χ1) is 17.4. The fourth-order valence-corrected chi connectivity index (χ4v) is 5.60. The van der Waals surface area contributed by atoms with Gasteiger partial charge in [0.05, 0.1) is 35.1 Å². The number of ketones is 1. The van der Waals surface area contributed by atoms with E-state index in [-0.39, 0.29) is 30.0 Å². The molecule has 6 atom stereocenters. The van der Waals surface area contributed by atoms with E-state index >= 15 is 0 Å². The number of rotatable bonds is 4. The van der Waals surface area contributed by atoms with E-state index in [1.54, 1.807) is 26.8 Å². The standard InChI is InChI=1S/C27H38N4O5S/c1-16-8-7-10-27(6)21(36-27)13-20(17(2)12-19-15-37-22(30-19)14-29-31-28)35-23(32)9-11-26(4,5)25(34)18(3)24(16)33/h9,11-12,15-16,18,20-21,24,33H,7-8,10,13-14H2,1-6H3/t16-,18+,20-,21-,24-,27+/m0/s1. The monoisotopic (exact) mass is 530 g/mol. The Kier molecular flexibility index (Phi) is 9.34. The largest absolute Gasteiger partial charge is 0.455 e. The van der Waals surface area contributed by atoms with E-state index in [4.69, 9.17) is 15.0 Å². The number of carbonyl (C=O) groups excluding carboxylic acids is 2. The van der Waals surface area contributed by atoms with Crippen molar-refractivity contribution in [3.8, 4) is 0 Å². The number of ether oxygens (including phenoxy) is 2. The van der Waals surface area contributed by atoms with Gasteiger partial charge in [0.25, 0.3) is 0 Å². The molecule has 1 aromatic heterocycles. The van der Waals surface area contributed by atoms with Crippen molar-refractivity contribution in [2.24, 2.45) is 22.4 Å². The highest BCUT2D eigenvalue weighted by Gasteiger charge is 2.52. The van der Waals surface area contributed by atoms with Gasteiger partial charge in [-0.05, 0) is 63.6 Å². The van der Waals surface area contributed by atoms with Gasteiger partial charge >= 0.3 is 5.97 Å². The molecule has 202 valence electrons. The summed E-state index contributed by atoms with van der Waals surface area (Å²) in [6, 6.07) is 0. The molecule has 2 aliphatic heterocycles. The van der Waals surface area contributed by atoms with Crippen molar-refractivity contribution in [1.82, 2.24) is 4.98 Å². The van der Waals surface area contributed by atoms with Crippen LogP contribution >= 0.6 is 11.3 Å². The van der Waals surface area contributed by atoms with Crippen molar-refractivity contribution in [2.75, 3.05) is 0 Å². The third-order valence-corrected chi connectivity index (χ3v) is 8.41. The van der Waals surface area contributed by atoms with Crippen LogP contribution in [0.3, 0.4) is 0 Å². The number of aliphatic hydroxyl groups is 1. The summed E-state index contributed by atoms with van der Waals surface area (Å²) < 4.78 is 11.9.